The van der Waals surface area contributed by atoms with Gasteiger partial charge in [0.05, 0.1) is 7.11 Å². The highest BCUT2D eigenvalue weighted by molar-refractivity contribution is 5.80. The summed E-state index contributed by atoms with van der Waals surface area (Å²) in [6.45, 7) is 7.70. The number of hydrogen-bond donors (Lipinski definition) is 2. The lowest BCUT2D eigenvalue weighted by Crippen LogP contribution is -2.50. The van der Waals surface area contributed by atoms with Crippen molar-refractivity contribution in [1.29, 1.82) is 0 Å². The molecule has 0 radical (unpaired) electrons. The van der Waals surface area contributed by atoms with E-state index in [1.54, 1.807) is 11.0 Å². The SMILES string of the molecule is CCNC(=NCC1CCN(Cc2ccccc2F)CC1)NC1CCN(C(=O)OC)CC1. The topological polar surface area (TPSA) is 69.2 Å². The minimum atomic E-state index is -0.250. The second-order valence-corrected chi connectivity index (χ2v) is 8.41. The van der Waals surface area contributed by atoms with Crippen molar-refractivity contribution in [3.05, 3.63) is 35.6 Å². The Morgan fingerprint density at radius 1 is 1.16 bits per heavy atom. The van der Waals surface area contributed by atoms with Gasteiger partial charge in [0.25, 0.3) is 0 Å². The summed E-state index contributed by atoms with van der Waals surface area (Å²) in [5, 5.41) is 6.87. The van der Waals surface area contributed by atoms with Crippen molar-refractivity contribution in [3.8, 4) is 0 Å². The van der Waals surface area contributed by atoms with Crippen molar-refractivity contribution < 1.29 is 13.9 Å². The van der Waals surface area contributed by atoms with Gasteiger partial charge in [0.1, 0.15) is 5.82 Å². The third-order valence-corrected chi connectivity index (χ3v) is 6.18. The zero-order chi connectivity index (χ0) is 22.1. The third kappa shape index (κ3) is 7.09. The second kappa shape index (κ2) is 11.9. The first kappa shape index (κ1) is 23.3. The van der Waals surface area contributed by atoms with Crippen LogP contribution >= 0.6 is 0 Å². The number of ether oxygens (including phenoxy) is 1. The molecule has 31 heavy (non-hydrogen) atoms. The molecule has 2 fully saturated rings. The van der Waals surface area contributed by atoms with Crippen molar-refractivity contribution in [1.82, 2.24) is 20.4 Å². The number of rotatable bonds is 6. The van der Waals surface area contributed by atoms with Gasteiger partial charge < -0.3 is 20.3 Å². The summed E-state index contributed by atoms with van der Waals surface area (Å²) in [6, 6.07) is 7.35. The summed E-state index contributed by atoms with van der Waals surface area (Å²) >= 11 is 0. The standard InChI is InChI=1S/C23H36FN5O2/c1-3-25-22(27-20-10-14-29(15-11-20)23(30)31-2)26-16-18-8-12-28(13-9-18)17-19-6-4-5-7-21(19)24/h4-7,18,20H,3,8-17H2,1-2H3,(H2,25,26,27). The van der Waals surface area contributed by atoms with E-state index in [2.05, 4.69) is 22.5 Å². The average molecular weight is 434 g/mol. The predicted octanol–water partition coefficient (Wildman–Crippen LogP) is 2.82. The fraction of sp³-hybridized carbons (Fsp3) is 0.652. The maximum absolute atomic E-state index is 13.9. The Kier molecular flexibility index (Phi) is 8.94. The van der Waals surface area contributed by atoms with Crippen LogP contribution in [0, 0.1) is 11.7 Å². The highest BCUT2D eigenvalue weighted by atomic mass is 19.1. The number of halogens is 1. The van der Waals surface area contributed by atoms with Crippen LogP contribution in [0.1, 0.15) is 38.2 Å². The zero-order valence-electron chi connectivity index (χ0n) is 18.8. The summed E-state index contributed by atoms with van der Waals surface area (Å²) in [6.07, 6.45) is 3.67. The molecular weight excluding hydrogens is 397 g/mol. The molecule has 3 rings (SSSR count). The quantitative estimate of drug-likeness (QED) is 0.533. The smallest absolute Gasteiger partial charge is 0.409 e. The summed E-state index contributed by atoms with van der Waals surface area (Å²) < 4.78 is 18.7. The molecule has 0 unspecified atom stereocenters. The Bertz CT molecular complexity index is 728. The van der Waals surface area contributed by atoms with Gasteiger partial charge in [-0.1, -0.05) is 18.2 Å². The molecule has 172 valence electrons. The average Bonchev–Trinajstić information content (AvgIpc) is 2.80. The van der Waals surface area contributed by atoms with Crippen molar-refractivity contribution in [3.63, 3.8) is 0 Å². The molecule has 8 heteroatoms. The number of methoxy groups -OCH3 is 1. The Morgan fingerprint density at radius 2 is 1.87 bits per heavy atom. The van der Waals surface area contributed by atoms with E-state index in [4.69, 9.17) is 9.73 Å². The van der Waals surface area contributed by atoms with Crippen molar-refractivity contribution in [2.75, 3.05) is 46.4 Å². The summed E-state index contributed by atoms with van der Waals surface area (Å²) in [4.78, 5) is 20.6. The molecule has 2 heterocycles. The van der Waals surface area contributed by atoms with E-state index in [1.807, 2.05) is 12.1 Å². The highest BCUT2D eigenvalue weighted by Gasteiger charge is 2.24. The molecule has 2 aliphatic heterocycles. The molecule has 2 N–H and O–H groups in total. The molecule has 1 aromatic rings. The molecule has 0 saturated carbocycles. The number of nitrogens with zero attached hydrogens (tertiary/aromatic N) is 3. The third-order valence-electron chi connectivity index (χ3n) is 6.18. The summed E-state index contributed by atoms with van der Waals surface area (Å²) in [5.41, 5.74) is 0.774. The first-order chi connectivity index (χ1) is 15.1. The lowest BCUT2D eigenvalue weighted by molar-refractivity contribution is 0.111. The van der Waals surface area contributed by atoms with E-state index >= 15 is 0 Å². The lowest BCUT2D eigenvalue weighted by atomic mass is 9.96. The van der Waals surface area contributed by atoms with Gasteiger partial charge in [-0.25, -0.2) is 9.18 Å². The monoisotopic (exact) mass is 433 g/mol. The van der Waals surface area contributed by atoms with E-state index in [0.29, 0.717) is 31.6 Å². The predicted molar refractivity (Wildman–Crippen MR) is 121 cm³/mol. The van der Waals surface area contributed by atoms with E-state index in [-0.39, 0.29) is 11.9 Å². The summed E-state index contributed by atoms with van der Waals surface area (Å²) in [7, 11) is 1.42. The van der Waals surface area contributed by atoms with Crippen LogP contribution in [0.2, 0.25) is 0 Å². The highest BCUT2D eigenvalue weighted by Crippen LogP contribution is 2.20. The van der Waals surface area contributed by atoms with E-state index < -0.39 is 0 Å². The number of nitrogens with one attached hydrogen (secondary N) is 2. The normalized spacial score (nSPS) is 19.3. The number of piperidine rings is 2. The molecular formula is C23H36FN5O2. The fourth-order valence-electron chi connectivity index (χ4n) is 4.26. The minimum absolute atomic E-state index is 0.118. The summed E-state index contributed by atoms with van der Waals surface area (Å²) in [5.74, 6) is 1.29. The van der Waals surface area contributed by atoms with Gasteiger partial charge in [-0.3, -0.25) is 9.89 Å². The number of carbonyl (C=O) groups is 1. The van der Waals surface area contributed by atoms with Crippen LogP contribution in [0.4, 0.5) is 9.18 Å². The van der Waals surface area contributed by atoms with E-state index in [0.717, 1.165) is 63.4 Å². The number of guanidine groups is 1. The Labute approximate surface area is 185 Å². The Balaban J connectivity index is 1.42. The molecule has 2 saturated heterocycles. The zero-order valence-corrected chi connectivity index (χ0v) is 18.8. The van der Waals surface area contributed by atoms with Crippen molar-refractivity contribution in [2.24, 2.45) is 10.9 Å². The van der Waals surface area contributed by atoms with Crippen LogP contribution in [0.25, 0.3) is 0 Å². The van der Waals surface area contributed by atoms with Crippen molar-refractivity contribution >= 4 is 12.1 Å². The number of likely N-dealkylation sites (tertiary alicyclic amines) is 2. The molecule has 0 spiro atoms. The van der Waals surface area contributed by atoms with Gasteiger partial charge in [0.2, 0.25) is 0 Å². The first-order valence-corrected chi connectivity index (χ1v) is 11.4. The molecule has 0 aliphatic carbocycles. The van der Waals surface area contributed by atoms with Gasteiger partial charge in [0.15, 0.2) is 5.96 Å². The molecule has 0 bridgehead atoms. The molecule has 2 aliphatic rings. The Hall–Kier alpha value is -2.35. The largest absolute Gasteiger partial charge is 0.453 e. The molecule has 0 atom stereocenters. The Morgan fingerprint density at radius 3 is 2.52 bits per heavy atom. The molecule has 0 aromatic heterocycles. The van der Waals surface area contributed by atoms with Crippen molar-refractivity contribution in [2.45, 2.75) is 45.2 Å². The van der Waals surface area contributed by atoms with Crippen LogP contribution in [0.3, 0.4) is 0 Å². The number of hydrogen-bond acceptors (Lipinski definition) is 4. The fourth-order valence-corrected chi connectivity index (χ4v) is 4.26. The molecule has 7 nitrogen and oxygen atoms in total. The van der Waals surface area contributed by atoms with Crippen LogP contribution < -0.4 is 10.6 Å². The number of aliphatic imine (C=N–C) groups is 1. The number of carbonyl (C=O) groups excluding carboxylic acids is 1. The van der Waals surface area contributed by atoms with Crippen LogP contribution in [-0.4, -0.2) is 74.3 Å². The van der Waals surface area contributed by atoms with Crippen LogP contribution in [-0.2, 0) is 11.3 Å². The molecule has 1 amide bonds. The van der Waals surface area contributed by atoms with Gasteiger partial charge >= 0.3 is 6.09 Å². The van der Waals surface area contributed by atoms with Gasteiger partial charge in [-0.05, 0) is 57.7 Å². The van der Waals surface area contributed by atoms with Crippen LogP contribution in [0.15, 0.2) is 29.3 Å². The first-order valence-electron chi connectivity index (χ1n) is 11.4. The maximum Gasteiger partial charge on any atom is 0.409 e. The molecule has 1 aromatic carbocycles. The minimum Gasteiger partial charge on any atom is -0.453 e. The van der Waals surface area contributed by atoms with Gasteiger partial charge in [-0.15, -0.1) is 0 Å². The van der Waals surface area contributed by atoms with Gasteiger partial charge in [-0.2, -0.15) is 0 Å². The second-order valence-electron chi connectivity index (χ2n) is 8.41. The number of benzene rings is 1. The van der Waals surface area contributed by atoms with E-state index in [1.165, 1.54) is 13.2 Å². The lowest BCUT2D eigenvalue weighted by Gasteiger charge is -2.33. The maximum atomic E-state index is 13.9. The van der Waals surface area contributed by atoms with Crippen LogP contribution in [0.5, 0.6) is 0 Å². The van der Waals surface area contributed by atoms with Gasteiger partial charge in [0, 0.05) is 44.3 Å². The number of amides is 1. The van der Waals surface area contributed by atoms with E-state index in [9.17, 15) is 9.18 Å².